The molecule has 6 heteroatoms. The van der Waals surface area contributed by atoms with E-state index in [1.54, 1.807) is 23.0 Å². The van der Waals surface area contributed by atoms with Crippen LogP contribution in [0, 0.1) is 11.7 Å². The molecule has 1 saturated heterocycles. The van der Waals surface area contributed by atoms with Gasteiger partial charge in [-0.3, -0.25) is 0 Å². The maximum Gasteiger partial charge on any atom is 0.155 e. The Morgan fingerprint density at radius 3 is 2.59 bits per heavy atom. The highest BCUT2D eigenvalue weighted by Gasteiger charge is 2.21. The zero-order chi connectivity index (χ0) is 18.6. The minimum Gasteiger partial charge on any atom is -0.306 e. The first kappa shape index (κ1) is 17.8. The molecule has 3 heterocycles. The Morgan fingerprint density at radius 1 is 1.07 bits per heavy atom. The number of pyridine rings is 1. The third kappa shape index (κ3) is 4.22. The van der Waals surface area contributed by atoms with Gasteiger partial charge in [0.2, 0.25) is 0 Å². The molecule has 2 aromatic heterocycles. The van der Waals surface area contributed by atoms with Crippen molar-refractivity contribution in [2.75, 3.05) is 20.1 Å². The van der Waals surface area contributed by atoms with Gasteiger partial charge in [-0.1, -0.05) is 24.3 Å². The van der Waals surface area contributed by atoms with Gasteiger partial charge in [0.25, 0.3) is 0 Å². The molecule has 0 radical (unpaired) electrons. The highest BCUT2D eigenvalue weighted by Crippen LogP contribution is 2.21. The molecule has 0 spiro atoms. The van der Waals surface area contributed by atoms with Crippen LogP contribution < -0.4 is 0 Å². The predicted octanol–water partition coefficient (Wildman–Crippen LogP) is 3.28. The Balaban J connectivity index is 1.62. The van der Waals surface area contributed by atoms with Gasteiger partial charge in [-0.05, 0) is 62.7 Å². The molecule has 0 amide bonds. The van der Waals surface area contributed by atoms with E-state index in [1.165, 1.54) is 6.07 Å². The summed E-state index contributed by atoms with van der Waals surface area (Å²) in [5.41, 5.74) is 0.618. The number of benzene rings is 1. The molecule has 0 atom stereocenters. The minimum absolute atomic E-state index is 0.218. The highest BCUT2D eigenvalue weighted by atomic mass is 19.1. The number of rotatable bonds is 5. The molecular weight excluding hydrogens is 341 g/mol. The average Bonchev–Trinajstić information content (AvgIpc) is 3.08. The summed E-state index contributed by atoms with van der Waals surface area (Å²) < 4.78 is 15.9. The van der Waals surface area contributed by atoms with Crippen molar-refractivity contribution in [1.82, 2.24) is 24.6 Å². The maximum atomic E-state index is 14.1. The van der Waals surface area contributed by atoms with Crippen LogP contribution >= 0.6 is 0 Å². The first-order chi connectivity index (χ1) is 13.2. The fourth-order valence-electron chi connectivity index (χ4n) is 3.59. The lowest BCUT2D eigenvalue weighted by molar-refractivity contribution is 0.217. The van der Waals surface area contributed by atoms with Crippen LogP contribution in [0.1, 0.15) is 30.1 Å². The zero-order valence-electron chi connectivity index (χ0n) is 15.6. The van der Waals surface area contributed by atoms with Gasteiger partial charge >= 0.3 is 0 Å². The summed E-state index contributed by atoms with van der Waals surface area (Å²) in [6, 6.07) is 12.5. The summed E-state index contributed by atoms with van der Waals surface area (Å²) in [6.07, 6.45) is 5.32. The molecule has 0 bridgehead atoms. The van der Waals surface area contributed by atoms with Crippen molar-refractivity contribution in [3.8, 4) is 5.82 Å². The summed E-state index contributed by atoms with van der Waals surface area (Å²) in [5.74, 6) is 2.64. The van der Waals surface area contributed by atoms with Crippen molar-refractivity contribution >= 4 is 0 Å². The standard InChI is InChI=1S/C21H24FN5/c1-26-12-9-16(10-13-26)14-19-24-21(15-17-6-2-3-7-18(17)22)27(25-19)20-8-4-5-11-23-20/h2-8,11,16H,9-10,12-15H2,1H3. The first-order valence-corrected chi connectivity index (χ1v) is 9.47. The molecule has 0 aliphatic carbocycles. The van der Waals surface area contributed by atoms with Crippen molar-refractivity contribution in [2.45, 2.75) is 25.7 Å². The van der Waals surface area contributed by atoms with Gasteiger partial charge in [0.05, 0.1) is 0 Å². The lowest BCUT2D eigenvalue weighted by atomic mass is 9.94. The average molecular weight is 365 g/mol. The van der Waals surface area contributed by atoms with Crippen molar-refractivity contribution in [2.24, 2.45) is 5.92 Å². The van der Waals surface area contributed by atoms with Crippen LogP contribution in [-0.2, 0) is 12.8 Å². The van der Waals surface area contributed by atoms with Crippen LogP contribution in [0.2, 0.25) is 0 Å². The summed E-state index contributed by atoms with van der Waals surface area (Å²) in [5, 5.41) is 4.73. The SMILES string of the molecule is CN1CCC(Cc2nc(Cc3ccccc3F)n(-c3ccccn3)n2)CC1. The number of aromatic nitrogens is 4. The number of hydrogen-bond donors (Lipinski definition) is 0. The van der Waals surface area contributed by atoms with E-state index in [2.05, 4.69) is 16.9 Å². The van der Waals surface area contributed by atoms with E-state index in [4.69, 9.17) is 10.1 Å². The van der Waals surface area contributed by atoms with Gasteiger partial charge in [0, 0.05) is 19.0 Å². The number of likely N-dealkylation sites (tertiary alicyclic amines) is 1. The number of nitrogens with zero attached hydrogens (tertiary/aromatic N) is 5. The normalized spacial score (nSPS) is 15.9. The van der Waals surface area contributed by atoms with Crippen molar-refractivity contribution < 1.29 is 4.39 Å². The Morgan fingerprint density at radius 2 is 1.85 bits per heavy atom. The van der Waals surface area contributed by atoms with E-state index < -0.39 is 0 Å². The molecule has 1 aliphatic rings. The second-order valence-electron chi connectivity index (χ2n) is 7.26. The summed E-state index contributed by atoms with van der Waals surface area (Å²) >= 11 is 0. The topological polar surface area (TPSA) is 46.8 Å². The molecule has 4 rings (SSSR count). The Labute approximate surface area is 158 Å². The summed E-state index contributed by atoms with van der Waals surface area (Å²) in [4.78, 5) is 11.5. The van der Waals surface area contributed by atoms with Crippen molar-refractivity contribution in [3.05, 3.63) is 71.7 Å². The third-order valence-electron chi connectivity index (χ3n) is 5.20. The van der Waals surface area contributed by atoms with Crippen LogP contribution in [0.4, 0.5) is 4.39 Å². The quantitative estimate of drug-likeness (QED) is 0.696. The molecular formula is C21H24FN5. The molecule has 27 heavy (non-hydrogen) atoms. The van der Waals surface area contributed by atoms with Gasteiger partial charge < -0.3 is 4.90 Å². The number of hydrogen-bond acceptors (Lipinski definition) is 4. The van der Waals surface area contributed by atoms with E-state index in [0.717, 1.165) is 44.0 Å². The lowest BCUT2D eigenvalue weighted by Gasteiger charge is -2.28. The third-order valence-corrected chi connectivity index (χ3v) is 5.20. The molecule has 0 unspecified atom stereocenters. The fraction of sp³-hybridized carbons (Fsp3) is 0.381. The van der Waals surface area contributed by atoms with Gasteiger partial charge in [-0.25, -0.2) is 14.4 Å². The molecule has 3 aromatic rings. The second kappa shape index (κ2) is 7.96. The Hall–Kier alpha value is -2.60. The van der Waals surface area contributed by atoms with Gasteiger partial charge in [-0.2, -0.15) is 4.68 Å². The zero-order valence-corrected chi connectivity index (χ0v) is 15.6. The van der Waals surface area contributed by atoms with Crippen LogP contribution in [0.5, 0.6) is 0 Å². The second-order valence-corrected chi connectivity index (χ2v) is 7.26. The summed E-state index contributed by atoms with van der Waals surface area (Å²) in [7, 11) is 2.16. The largest absolute Gasteiger partial charge is 0.306 e. The first-order valence-electron chi connectivity index (χ1n) is 9.47. The van der Waals surface area contributed by atoms with Gasteiger partial charge in [0.1, 0.15) is 11.6 Å². The van der Waals surface area contributed by atoms with Gasteiger partial charge in [-0.15, -0.1) is 5.10 Å². The molecule has 1 aromatic carbocycles. The van der Waals surface area contributed by atoms with Crippen LogP contribution in [-0.4, -0.2) is 44.8 Å². The maximum absolute atomic E-state index is 14.1. The summed E-state index contributed by atoms with van der Waals surface area (Å²) in [6.45, 7) is 2.24. The lowest BCUT2D eigenvalue weighted by Crippen LogP contribution is -2.31. The predicted molar refractivity (Wildman–Crippen MR) is 102 cm³/mol. The number of halogens is 1. The molecule has 0 N–H and O–H groups in total. The monoisotopic (exact) mass is 365 g/mol. The minimum atomic E-state index is -0.218. The molecule has 0 saturated carbocycles. The molecule has 1 fully saturated rings. The molecule has 5 nitrogen and oxygen atoms in total. The highest BCUT2D eigenvalue weighted by molar-refractivity contribution is 5.26. The number of piperidine rings is 1. The van der Waals surface area contributed by atoms with Crippen molar-refractivity contribution in [1.29, 1.82) is 0 Å². The van der Waals surface area contributed by atoms with E-state index in [9.17, 15) is 4.39 Å². The van der Waals surface area contributed by atoms with Crippen LogP contribution in [0.15, 0.2) is 48.7 Å². The van der Waals surface area contributed by atoms with E-state index in [0.29, 0.717) is 23.7 Å². The Kier molecular flexibility index (Phi) is 5.25. The van der Waals surface area contributed by atoms with Gasteiger partial charge in [0.15, 0.2) is 11.6 Å². The van der Waals surface area contributed by atoms with E-state index >= 15 is 0 Å². The smallest absolute Gasteiger partial charge is 0.155 e. The Bertz CT molecular complexity index is 885. The van der Waals surface area contributed by atoms with Crippen LogP contribution in [0.25, 0.3) is 5.82 Å². The fourth-order valence-corrected chi connectivity index (χ4v) is 3.59. The van der Waals surface area contributed by atoms with E-state index in [1.807, 2.05) is 24.3 Å². The van der Waals surface area contributed by atoms with Crippen molar-refractivity contribution in [3.63, 3.8) is 0 Å². The molecule has 140 valence electrons. The molecule has 1 aliphatic heterocycles. The van der Waals surface area contributed by atoms with Crippen LogP contribution in [0.3, 0.4) is 0 Å². The van der Waals surface area contributed by atoms with E-state index in [-0.39, 0.29) is 5.82 Å².